The van der Waals surface area contributed by atoms with Gasteiger partial charge in [-0.15, -0.1) is 0 Å². The highest BCUT2D eigenvalue weighted by Crippen LogP contribution is 2.35. The number of amides is 2. The number of hydrogen-bond donors (Lipinski definition) is 1. The minimum Gasteiger partial charge on any atom is -0.494 e. The van der Waals surface area contributed by atoms with Gasteiger partial charge in [-0.3, -0.25) is 19.7 Å². The van der Waals surface area contributed by atoms with E-state index in [-0.39, 0.29) is 23.8 Å². The molecule has 0 saturated heterocycles. The molecule has 1 aliphatic heterocycles. The normalized spacial score (nSPS) is 12.5. The van der Waals surface area contributed by atoms with Crippen LogP contribution in [0.15, 0.2) is 66.7 Å². The van der Waals surface area contributed by atoms with Crippen molar-refractivity contribution in [2.24, 2.45) is 0 Å². The molecule has 9 nitrogen and oxygen atoms in total. The van der Waals surface area contributed by atoms with E-state index in [9.17, 15) is 19.7 Å². The van der Waals surface area contributed by atoms with Crippen molar-refractivity contribution in [1.82, 2.24) is 0 Å². The number of anilines is 2. The maximum absolute atomic E-state index is 12.6. The Morgan fingerprint density at radius 2 is 1.85 bits per heavy atom. The molecule has 0 atom stereocenters. The van der Waals surface area contributed by atoms with Crippen LogP contribution in [-0.2, 0) is 4.79 Å². The molecule has 4 rings (SSSR count). The molecule has 1 N–H and O–H groups in total. The zero-order valence-corrected chi connectivity index (χ0v) is 18.5. The van der Waals surface area contributed by atoms with Crippen molar-refractivity contribution >= 4 is 28.9 Å². The van der Waals surface area contributed by atoms with Crippen molar-refractivity contribution in [2.45, 2.75) is 13.3 Å². The number of hydrogen-bond acceptors (Lipinski definition) is 6. The van der Waals surface area contributed by atoms with Gasteiger partial charge in [0.15, 0.2) is 6.61 Å². The van der Waals surface area contributed by atoms with Gasteiger partial charge in [0.1, 0.15) is 11.5 Å². The minimum absolute atomic E-state index is 0.0552. The summed E-state index contributed by atoms with van der Waals surface area (Å²) in [5.74, 6) is 0.723. The summed E-state index contributed by atoms with van der Waals surface area (Å²) in [6, 6.07) is 18.1. The van der Waals surface area contributed by atoms with E-state index in [1.807, 2.05) is 31.2 Å². The van der Waals surface area contributed by atoms with Crippen molar-refractivity contribution in [1.29, 1.82) is 0 Å². The second-order valence-electron chi connectivity index (χ2n) is 7.79. The molecule has 34 heavy (non-hydrogen) atoms. The largest absolute Gasteiger partial charge is 0.494 e. The molecule has 0 fully saturated rings. The van der Waals surface area contributed by atoms with Gasteiger partial charge in [0.05, 0.1) is 17.2 Å². The number of fused-ring (bicyclic) bond motifs is 1. The number of carbonyl (C=O) groups is 2. The van der Waals surface area contributed by atoms with Crippen LogP contribution in [0.1, 0.15) is 22.3 Å². The van der Waals surface area contributed by atoms with Gasteiger partial charge in [-0.2, -0.15) is 0 Å². The third-order valence-corrected chi connectivity index (χ3v) is 5.32. The number of non-ortho nitro benzene ring substituents is 1. The number of nitro groups is 1. The Kier molecular flexibility index (Phi) is 6.72. The molecule has 9 heteroatoms. The van der Waals surface area contributed by atoms with Crippen LogP contribution in [0.4, 0.5) is 17.1 Å². The quantitative estimate of drug-likeness (QED) is 0.303. The zero-order chi connectivity index (χ0) is 24.1. The van der Waals surface area contributed by atoms with Gasteiger partial charge in [-0.25, -0.2) is 0 Å². The molecule has 3 aromatic rings. The van der Waals surface area contributed by atoms with E-state index in [1.54, 1.807) is 23.1 Å². The summed E-state index contributed by atoms with van der Waals surface area (Å²) in [5, 5.41) is 13.6. The molecule has 1 heterocycles. The maximum atomic E-state index is 12.6. The van der Waals surface area contributed by atoms with Crippen molar-refractivity contribution in [3.8, 4) is 11.5 Å². The first-order valence-corrected chi connectivity index (χ1v) is 10.7. The van der Waals surface area contributed by atoms with Crippen molar-refractivity contribution < 1.29 is 24.0 Å². The molecule has 2 amide bonds. The van der Waals surface area contributed by atoms with Crippen LogP contribution in [0, 0.1) is 17.0 Å². The molecule has 0 saturated carbocycles. The molecule has 0 spiro atoms. The third-order valence-electron chi connectivity index (χ3n) is 5.32. The number of nitrogens with one attached hydrogen (secondary N) is 1. The standard InChI is InChI=1S/C25H23N3O6/c1-17-3-10-21(11-4-17)33-14-2-13-27-22-15-19(7-12-23(22)34-16-24(27)29)26-25(30)18-5-8-20(9-6-18)28(31)32/h3-12,15H,2,13-14,16H2,1H3,(H,26,30). The van der Waals surface area contributed by atoms with E-state index in [1.165, 1.54) is 24.3 Å². The van der Waals surface area contributed by atoms with Gasteiger partial charge in [0.2, 0.25) is 0 Å². The number of ether oxygens (including phenoxy) is 2. The van der Waals surface area contributed by atoms with Gasteiger partial charge in [-0.05, 0) is 55.8 Å². The lowest BCUT2D eigenvalue weighted by atomic mass is 10.1. The lowest BCUT2D eigenvalue weighted by molar-refractivity contribution is -0.384. The van der Waals surface area contributed by atoms with E-state index >= 15 is 0 Å². The molecule has 174 valence electrons. The number of nitrogens with zero attached hydrogens (tertiary/aromatic N) is 2. The zero-order valence-electron chi connectivity index (χ0n) is 18.5. The van der Waals surface area contributed by atoms with Crippen LogP contribution < -0.4 is 19.7 Å². The summed E-state index contributed by atoms with van der Waals surface area (Å²) in [6.45, 7) is 2.83. The molecular weight excluding hydrogens is 438 g/mol. The highest BCUT2D eigenvalue weighted by atomic mass is 16.6. The van der Waals surface area contributed by atoms with Crippen molar-refractivity contribution in [3.63, 3.8) is 0 Å². The van der Waals surface area contributed by atoms with E-state index in [0.29, 0.717) is 36.7 Å². The van der Waals surface area contributed by atoms with Crippen LogP contribution in [0.25, 0.3) is 0 Å². The topological polar surface area (TPSA) is 111 Å². The van der Waals surface area contributed by atoms with E-state index < -0.39 is 10.8 Å². The maximum Gasteiger partial charge on any atom is 0.269 e. The lowest BCUT2D eigenvalue weighted by Gasteiger charge is -2.30. The predicted octanol–water partition coefficient (Wildman–Crippen LogP) is 4.35. The van der Waals surface area contributed by atoms with Crippen LogP contribution in [0.2, 0.25) is 0 Å². The third kappa shape index (κ3) is 5.32. The SMILES string of the molecule is Cc1ccc(OCCCN2C(=O)COc3ccc(NC(=O)c4ccc([N+](=O)[O-])cc4)cc32)cc1. The van der Waals surface area contributed by atoms with Gasteiger partial charge < -0.3 is 19.7 Å². The summed E-state index contributed by atoms with van der Waals surface area (Å²) in [7, 11) is 0. The monoisotopic (exact) mass is 461 g/mol. The fourth-order valence-corrected chi connectivity index (χ4v) is 3.51. The lowest BCUT2D eigenvalue weighted by Crippen LogP contribution is -2.39. The van der Waals surface area contributed by atoms with Gasteiger partial charge >= 0.3 is 0 Å². The van der Waals surface area contributed by atoms with Gasteiger partial charge in [0.25, 0.3) is 17.5 Å². The van der Waals surface area contributed by atoms with E-state index in [2.05, 4.69) is 5.32 Å². The number of aryl methyl sites for hydroxylation is 1. The number of nitro benzene ring substituents is 1. The number of carbonyl (C=O) groups excluding carboxylic acids is 2. The summed E-state index contributed by atoms with van der Waals surface area (Å²) in [4.78, 5) is 37.0. The molecule has 0 aromatic heterocycles. The van der Waals surface area contributed by atoms with Crippen LogP contribution >= 0.6 is 0 Å². The summed E-state index contributed by atoms with van der Waals surface area (Å²) >= 11 is 0. The second kappa shape index (κ2) is 10.0. The molecule has 0 aliphatic carbocycles. The molecule has 0 bridgehead atoms. The second-order valence-corrected chi connectivity index (χ2v) is 7.79. The van der Waals surface area contributed by atoms with Crippen molar-refractivity contribution in [2.75, 3.05) is 30.0 Å². The Labute approximate surface area is 196 Å². The molecule has 0 radical (unpaired) electrons. The fraction of sp³-hybridized carbons (Fsp3) is 0.200. The number of benzene rings is 3. The van der Waals surface area contributed by atoms with Gasteiger partial charge in [0, 0.05) is 29.9 Å². The Bertz CT molecular complexity index is 1210. The van der Waals surface area contributed by atoms with Crippen LogP contribution in [0.3, 0.4) is 0 Å². The van der Waals surface area contributed by atoms with Gasteiger partial charge in [-0.1, -0.05) is 17.7 Å². The summed E-state index contributed by atoms with van der Waals surface area (Å²) in [5.41, 5.74) is 2.37. The molecule has 0 unspecified atom stereocenters. The predicted molar refractivity (Wildman–Crippen MR) is 127 cm³/mol. The number of rotatable bonds is 8. The van der Waals surface area contributed by atoms with Crippen molar-refractivity contribution in [3.05, 3.63) is 88.0 Å². The smallest absolute Gasteiger partial charge is 0.269 e. The first-order valence-electron chi connectivity index (χ1n) is 10.7. The Balaban J connectivity index is 1.41. The Morgan fingerprint density at radius 3 is 2.56 bits per heavy atom. The minimum atomic E-state index is -0.525. The highest BCUT2D eigenvalue weighted by molar-refractivity contribution is 6.05. The molecule has 1 aliphatic rings. The molecule has 3 aromatic carbocycles. The average Bonchev–Trinajstić information content (AvgIpc) is 2.84. The average molecular weight is 461 g/mol. The van der Waals surface area contributed by atoms with Crippen LogP contribution in [0.5, 0.6) is 11.5 Å². The first-order chi connectivity index (χ1) is 16.4. The van der Waals surface area contributed by atoms with E-state index in [0.717, 1.165) is 11.3 Å². The first kappa shape index (κ1) is 22.8. The summed E-state index contributed by atoms with van der Waals surface area (Å²) < 4.78 is 11.3. The van der Waals surface area contributed by atoms with E-state index in [4.69, 9.17) is 9.47 Å². The highest BCUT2D eigenvalue weighted by Gasteiger charge is 2.26. The Hall–Kier alpha value is -4.40. The van der Waals surface area contributed by atoms with Crippen LogP contribution in [-0.4, -0.2) is 36.5 Å². The summed E-state index contributed by atoms with van der Waals surface area (Å²) in [6.07, 6.45) is 0.610. The molecular formula is C25H23N3O6. The fourth-order valence-electron chi connectivity index (χ4n) is 3.51. The Morgan fingerprint density at radius 1 is 1.12 bits per heavy atom.